The van der Waals surface area contributed by atoms with E-state index in [-0.39, 0.29) is 5.75 Å². The van der Waals surface area contributed by atoms with E-state index in [1.807, 2.05) is 37.3 Å². The van der Waals surface area contributed by atoms with Crippen LogP contribution in [0.15, 0.2) is 54.6 Å². The number of halogens is 1. The number of aromatic nitrogens is 1. The van der Waals surface area contributed by atoms with Crippen molar-refractivity contribution in [3.05, 3.63) is 77.2 Å². The van der Waals surface area contributed by atoms with Crippen molar-refractivity contribution >= 4 is 17.7 Å². The van der Waals surface area contributed by atoms with Gasteiger partial charge in [-0.1, -0.05) is 30.3 Å². The van der Waals surface area contributed by atoms with E-state index in [2.05, 4.69) is 11.4 Å². The van der Waals surface area contributed by atoms with Crippen LogP contribution in [-0.4, -0.2) is 29.7 Å². The second-order valence-corrected chi connectivity index (χ2v) is 6.64. The van der Waals surface area contributed by atoms with Crippen LogP contribution >= 0.6 is 0 Å². The number of nitrogens with one attached hydrogen (secondary N) is 1. The normalized spacial score (nSPS) is 10.3. The molecular formula is C23H20FN3O4. The third-order valence-corrected chi connectivity index (χ3v) is 4.64. The number of esters is 1. The van der Waals surface area contributed by atoms with E-state index in [0.29, 0.717) is 11.4 Å². The predicted molar refractivity (Wildman–Crippen MR) is 111 cm³/mol. The summed E-state index contributed by atoms with van der Waals surface area (Å²) in [6.45, 7) is 2.51. The highest BCUT2D eigenvalue weighted by molar-refractivity contribution is 5.94. The van der Waals surface area contributed by atoms with Crippen LogP contribution < -0.4 is 10.1 Å². The Morgan fingerprint density at radius 2 is 1.74 bits per heavy atom. The van der Waals surface area contributed by atoms with Crippen LogP contribution in [0.2, 0.25) is 0 Å². The summed E-state index contributed by atoms with van der Waals surface area (Å²) >= 11 is 0. The van der Waals surface area contributed by atoms with E-state index in [1.54, 1.807) is 17.6 Å². The molecule has 1 heterocycles. The standard InChI is InChI=1S/C23H20FN3O4/c1-15-16(2)27(17-8-4-3-5-9-17)23(18(15)12-25)26-21(28)13-31-22(29)14-30-20-11-7-6-10-19(20)24/h3-11H,13-14H2,1-2H3,(H,26,28). The third kappa shape index (κ3) is 4.90. The van der Waals surface area contributed by atoms with Gasteiger partial charge >= 0.3 is 5.97 Å². The zero-order valence-corrected chi connectivity index (χ0v) is 17.0. The van der Waals surface area contributed by atoms with E-state index >= 15 is 0 Å². The van der Waals surface area contributed by atoms with E-state index in [0.717, 1.165) is 16.9 Å². The Bertz CT molecular complexity index is 1150. The van der Waals surface area contributed by atoms with E-state index in [1.165, 1.54) is 18.2 Å². The molecule has 31 heavy (non-hydrogen) atoms. The Morgan fingerprint density at radius 3 is 2.42 bits per heavy atom. The minimum Gasteiger partial charge on any atom is -0.479 e. The summed E-state index contributed by atoms with van der Waals surface area (Å²) < 4.78 is 25.2. The van der Waals surface area contributed by atoms with Gasteiger partial charge in [0.05, 0.1) is 5.56 Å². The van der Waals surface area contributed by atoms with Crippen molar-refractivity contribution < 1.29 is 23.5 Å². The van der Waals surface area contributed by atoms with Crippen molar-refractivity contribution in [2.24, 2.45) is 0 Å². The first-order valence-electron chi connectivity index (χ1n) is 9.42. The van der Waals surface area contributed by atoms with Crippen molar-refractivity contribution in [3.8, 4) is 17.5 Å². The van der Waals surface area contributed by atoms with Crippen LogP contribution in [-0.2, 0) is 14.3 Å². The number of ether oxygens (including phenoxy) is 2. The molecule has 0 aliphatic rings. The maximum Gasteiger partial charge on any atom is 0.344 e. The summed E-state index contributed by atoms with van der Waals surface area (Å²) in [5.41, 5.74) is 2.63. The number of hydrogen-bond donors (Lipinski definition) is 1. The summed E-state index contributed by atoms with van der Waals surface area (Å²) in [4.78, 5) is 24.3. The number of amides is 1. The summed E-state index contributed by atoms with van der Waals surface area (Å²) in [6.07, 6.45) is 0. The topological polar surface area (TPSA) is 93.3 Å². The minimum atomic E-state index is -0.829. The zero-order valence-electron chi connectivity index (χ0n) is 17.0. The van der Waals surface area contributed by atoms with Gasteiger partial charge in [-0.2, -0.15) is 5.26 Å². The molecular weight excluding hydrogens is 401 g/mol. The van der Waals surface area contributed by atoms with Gasteiger partial charge < -0.3 is 14.8 Å². The van der Waals surface area contributed by atoms with Crippen molar-refractivity contribution in [3.63, 3.8) is 0 Å². The number of benzene rings is 2. The SMILES string of the molecule is Cc1c(C#N)c(NC(=O)COC(=O)COc2ccccc2F)n(-c2ccccc2)c1C. The number of anilines is 1. The highest BCUT2D eigenvalue weighted by atomic mass is 19.1. The van der Waals surface area contributed by atoms with Crippen LogP contribution in [0.5, 0.6) is 5.75 Å². The minimum absolute atomic E-state index is 0.0887. The highest BCUT2D eigenvalue weighted by Gasteiger charge is 2.21. The maximum absolute atomic E-state index is 13.5. The van der Waals surface area contributed by atoms with E-state index < -0.39 is 30.9 Å². The number of carbonyl (C=O) groups excluding carboxylic acids is 2. The third-order valence-electron chi connectivity index (χ3n) is 4.64. The van der Waals surface area contributed by atoms with Crippen LogP contribution in [0.25, 0.3) is 5.69 Å². The van der Waals surface area contributed by atoms with Gasteiger partial charge in [0, 0.05) is 11.4 Å². The number of nitrogens with zero attached hydrogens (tertiary/aromatic N) is 2. The van der Waals surface area contributed by atoms with Crippen molar-refractivity contribution in [1.29, 1.82) is 5.26 Å². The predicted octanol–water partition coefficient (Wildman–Crippen LogP) is 3.67. The number of rotatable bonds is 7. The maximum atomic E-state index is 13.5. The number of carbonyl (C=O) groups is 2. The molecule has 1 aromatic heterocycles. The molecule has 0 radical (unpaired) electrons. The first-order valence-corrected chi connectivity index (χ1v) is 9.42. The van der Waals surface area contributed by atoms with Crippen LogP contribution in [0, 0.1) is 31.0 Å². The molecule has 0 bridgehead atoms. The second kappa shape index (κ2) is 9.59. The molecule has 7 nitrogen and oxygen atoms in total. The van der Waals surface area contributed by atoms with Gasteiger partial charge in [0.2, 0.25) is 0 Å². The van der Waals surface area contributed by atoms with Gasteiger partial charge in [0.25, 0.3) is 5.91 Å². The van der Waals surface area contributed by atoms with Gasteiger partial charge in [-0.25, -0.2) is 9.18 Å². The Kier molecular flexibility index (Phi) is 6.67. The summed E-state index contributed by atoms with van der Waals surface area (Å²) in [5, 5.41) is 12.2. The highest BCUT2D eigenvalue weighted by Crippen LogP contribution is 2.29. The van der Waals surface area contributed by atoms with Crippen LogP contribution in [0.4, 0.5) is 10.2 Å². The lowest BCUT2D eigenvalue weighted by molar-refractivity contribution is -0.149. The summed E-state index contributed by atoms with van der Waals surface area (Å²) in [7, 11) is 0. The van der Waals surface area contributed by atoms with Gasteiger partial charge in [-0.3, -0.25) is 9.36 Å². The summed E-state index contributed by atoms with van der Waals surface area (Å²) in [5.74, 6) is -1.85. The molecule has 0 saturated carbocycles. The lowest BCUT2D eigenvalue weighted by atomic mass is 10.2. The fourth-order valence-corrected chi connectivity index (χ4v) is 3.02. The molecule has 0 unspecified atom stereocenters. The van der Waals surface area contributed by atoms with Crippen molar-refractivity contribution in [1.82, 2.24) is 4.57 Å². The molecule has 0 aliphatic carbocycles. The molecule has 1 N–H and O–H groups in total. The van der Waals surface area contributed by atoms with Gasteiger partial charge in [-0.05, 0) is 43.7 Å². The average Bonchev–Trinajstić information content (AvgIpc) is 3.01. The quantitative estimate of drug-likeness (QED) is 0.588. The zero-order chi connectivity index (χ0) is 22.4. The molecule has 0 spiro atoms. The lowest BCUT2D eigenvalue weighted by Gasteiger charge is -2.13. The molecule has 0 saturated heterocycles. The fraction of sp³-hybridized carbons (Fsp3) is 0.174. The Labute approximate surface area is 178 Å². The molecule has 0 aliphatic heterocycles. The smallest absolute Gasteiger partial charge is 0.344 e. The Hall–Kier alpha value is -4.12. The number of para-hydroxylation sites is 2. The molecule has 8 heteroatoms. The Morgan fingerprint density at radius 1 is 1.06 bits per heavy atom. The molecule has 3 rings (SSSR count). The lowest BCUT2D eigenvalue weighted by Crippen LogP contribution is -2.25. The molecule has 2 aromatic carbocycles. The molecule has 0 atom stereocenters. The second-order valence-electron chi connectivity index (χ2n) is 6.64. The van der Waals surface area contributed by atoms with Gasteiger partial charge in [-0.15, -0.1) is 0 Å². The van der Waals surface area contributed by atoms with Crippen LogP contribution in [0.1, 0.15) is 16.8 Å². The largest absolute Gasteiger partial charge is 0.479 e. The monoisotopic (exact) mass is 421 g/mol. The number of nitriles is 1. The summed E-state index contributed by atoms with van der Waals surface area (Å²) in [6, 6.07) is 17.0. The van der Waals surface area contributed by atoms with E-state index in [9.17, 15) is 19.2 Å². The molecule has 3 aromatic rings. The van der Waals surface area contributed by atoms with Crippen molar-refractivity contribution in [2.75, 3.05) is 18.5 Å². The van der Waals surface area contributed by atoms with Crippen molar-refractivity contribution in [2.45, 2.75) is 13.8 Å². The van der Waals surface area contributed by atoms with Gasteiger partial charge in [0.15, 0.2) is 24.8 Å². The molecule has 0 fully saturated rings. The Balaban J connectivity index is 1.67. The average molecular weight is 421 g/mol. The first-order chi connectivity index (χ1) is 14.9. The number of hydrogen-bond acceptors (Lipinski definition) is 5. The van der Waals surface area contributed by atoms with E-state index in [4.69, 9.17) is 9.47 Å². The molecule has 1 amide bonds. The van der Waals surface area contributed by atoms with Gasteiger partial charge in [0.1, 0.15) is 11.9 Å². The molecule has 158 valence electrons. The van der Waals surface area contributed by atoms with Crippen LogP contribution in [0.3, 0.4) is 0 Å². The first kappa shape index (κ1) is 21.6. The fourth-order valence-electron chi connectivity index (χ4n) is 3.02.